The summed E-state index contributed by atoms with van der Waals surface area (Å²) in [6, 6.07) is 11.7. The van der Waals surface area contributed by atoms with E-state index in [1.165, 1.54) is 32.2 Å². The van der Waals surface area contributed by atoms with Crippen LogP contribution in [-0.2, 0) is 25.0 Å². The Hall–Kier alpha value is -3.89. The van der Waals surface area contributed by atoms with Crippen molar-refractivity contribution < 1.29 is 14.4 Å². The number of hydroxylamine groups is 2. The van der Waals surface area contributed by atoms with E-state index in [2.05, 4.69) is 20.6 Å². The van der Waals surface area contributed by atoms with Crippen molar-refractivity contribution in [1.82, 2.24) is 25.1 Å². The van der Waals surface area contributed by atoms with Crippen LogP contribution >= 0.6 is 0 Å². The summed E-state index contributed by atoms with van der Waals surface area (Å²) in [5.41, 5.74) is 6.21. The second-order valence-electron chi connectivity index (χ2n) is 11.9. The minimum atomic E-state index is -0.449. The number of rotatable bonds is 6. The fourth-order valence-electron chi connectivity index (χ4n) is 6.37. The molecule has 10 nitrogen and oxygen atoms in total. The second kappa shape index (κ2) is 12.1. The predicted octanol–water partition coefficient (Wildman–Crippen LogP) is 4.89. The summed E-state index contributed by atoms with van der Waals surface area (Å²) in [4.78, 5) is 36.3. The molecule has 3 heterocycles. The molecule has 0 bridgehead atoms. The molecule has 0 spiro atoms. The lowest BCUT2D eigenvalue weighted by Gasteiger charge is -2.34. The van der Waals surface area contributed by atoms with Crippen molar-refractivity contribution in [2.75, 3.05) is 42.9 Å². The molecule has 2 aromatic carbocycles. The Morgan fingerprint density at radius 3 is 2.60 bits per heavy atom. The third kappa shape index (κ3) is 6.15. The summed E-state index contributed by atoms with van der Waals surface area (Å²) in [7, 11) is 1.89. The van der Waals surface area contributed by atoms with Gasteiger partial charge in [-0.15, -0.1) is 5.06 Å². The first-order chi connectivity index (χ1) is 20.3. The van der Waals surface area contributed by atoms with E-state index < -0.39 is 6.09 Å². The summed E-state index contributed by atoms with van der Waals surface area (Å²) in [5.74, 6) is 1.63. The normalized spacial score (nSPS) is 17.7. The van der Waals surface area contributed by atoms with Gasteiger partial charge in [-0.05, 0) is 73.6 Å². The SMILES string of the molecule is Cc1ccc2c(c1)Nc1c(cnn1C)CN2C(=O)c1ccc(CNC(=O)ON2CCN(CC3CCCC3)CC2)c(C)c1. The third-order valence-corrected chi connectivity index (χ3v) is 8.83. The van der Waals surface area contributed by atoms with E-state index in [0.29, 0.717) is 18.7 Å². The summed E-state index contributed by atoms with van der Waals surface area (Å²) in [5, 5.41) is 12.5. The van der Waals surface area contributed by atoms with E-state index in [-0.39, 0.29) is 5.91 Å². The number of piperazine rings is 1. The number of aryl methyl sites for hydroxylation is 3. The van der Waals surface area contributed by atoms with E-state index in [0.717, 1.165) is 71.5 Å². The maximum Gasteiger partial charge on any atom is 0.426 e. The first kappa shape index (κ1) is 28.2. The van der Waals surface area contributed by atoms with Gasteiger partial charge in [-0.1, -0.05) is 25.0 Å². The standard InChI is InChI=1S/C32H41N7O3/c1-22-8-11-29-28(16-22)35-30-27(19-34-36(30)3)21-39(29)31(40)25-9-10-26(23(2)17-25)18-33-32(41)42-38-14-12-37(13-15-38)20-24-6-4-5-7-24/h8-11,16-17,19,24,35H,4-7,12-15,18,20-21H2,1-3H3,(H,33,41). The van der Waals surface area contributed by atoms with Crippen LogP contribution in [0.3, 0.4) is 0 Å². The Kier molecular flexibility index (Phi) is 8.17. The number of nitrogens with zero attached hydrogens (tertiary/aromatic N) is 5. The monoisotopic (exact) mass is 571 g/mol. The number of benzene rings is 2. The van der Waals surface area contributed by atoms with Gasteiger partial charge < -0.3 is 25.3 Å². The van der Waals surface area contributed by atoms with Gasteiger partial charge >= 0.3 is 6.09 Å². The first-order valence-electron chi connectivity index (χ1n) is 15.1. The molecule has 42 heavy (non-hydrogen) atoms. The second-order valence-corrected chi connectivity index (χ2v) is 11.9. The van der Waals surface area contributed by atoms with Crippen molar-refractivity contribution in [3.63, 3.8) is 0 Å². The van der Waals surface area contributed by atoms with Crippen LogP contribution in [0.15, 0.2) is 42.6 Å². The summed E-state index contributed by atoms with van der Waals surface area (Å²) < 4.78 is 1.80. The third-order valence-electron chi connectivity index (χ3n) is 8.83. The quantitative estimate of drug-likeness (QED) is 0.435. The zero-order valence-electron chi connectivity index (χ0n) is 24.9. The zero-order chi connectivity index (χ0) is 29.2. The Bertz CT molecular complexity index is 1450. The van der Waals surface area contributed by atoms with Gasteiger partial charge in [0.05, 0.1) is 24.1 Å². The topological polar surface area (TPSA) is 95.0 Å². The van der Waals surface area contributed by atoms with Crippen molar-refractivity contribution >= 4 is 29.2 Å². The van der Waals surface area contributed by atoms with E-state index in [9.17, 15) is 9.59 Å². The van der Waals surface area contributed by atoms with E-state index >= 15 is 0 Å². The molecule has 0 unspecified atom stereocenters. The highest BCUT2D eigenvalue weighted by molar-refractivity contribution is 6.08. The minimum Gasteiger partial charge on any atom is -0.351 e. The lowest BCUT2D eigenvalue weighted by Crippen LogP contribution is -2.49. The molecule has 1 aliphatic carbocycles. The van der Waals surface area contributed by atoms with Crippen molar-refractivity contribution in [2.24, 2.45) is 13.0 Å². The molecule has 0 atom stereocenters. The van der Waals surface area contributed by atoms with Gasteiger partial charge in [0, 0.05) is 57.4 Å². The first-order valence-corrected chi connectivity index (χ1v) is 15.1. The number of amides is 2. The Morgan fingerprint density at radius 2 is 1.83 bits per heavy atom. The van der Waals surface area contributed by atoms with Gasteiger partial charge in [-0.2, -0.15) is 5.10 Å². The molecule has 2 aliphatic heterocycles. The number of nitrogens with one attached hydrogen (secondary N) is 2. The Balaban J connectivity index is 1.06. The number of hydrogen-bond acceptors (Lipinski definition) is 7. The molecule has 0 radical (unpaired) electrons. The molecular weight excluding hydrogens is 530 g/mol. The van der Waals surface area contributed by atoms with Gasteiger partial charge in [0.2, 0.25) is 0 Å². The number of fused-ring (bicyclic) bond motifs is 2. The van der Waals surface area contributed by atoms with E-state index in [4.69, 9.17) is 4.84 Å². The van der Waals surface area contributed by atoms with Crippen LogP contribution in [0.1, 0.15) is 58.3 Å². The van der Waals surface area contributed by atoms with Crippen LogP contribution in [0, 0.1) is 19.8 Å². The maximum absolute atomic E-state index is 13.9. The minimum absolute atomic E-state index is 0.0901. The van der Waals surface area contributed by atoms with Crippen LogP contribution in [-0.4, -0.2) is 64.5 Å². The largest absolute Gasteiger partial charge is 0.426 e. The number of aromatic nitrogens is 2. The van der Waals surface area contributed by atoms with Crippen LogP contribution in [0.5, 0.6) is 0 Å². The van der Waals surface area contributed by atoms with Crippen molar-refractivity contribution in [2.45, 2.75) is 52.6 Å². The van der Waals surface area contributed by atoms with Crippen LogP contribution < -0.4 is 15.5 Å². The van der Waals surface area contributed by atoms with Gasteiger partial charge in [0.15, 0.2) is 0 Å². The Morgan fingerprint density at radius 1 is 1.05 bits per heavy atom. The highest BCUT2D eigenvalue weighted by Gasteiger charge is 2.28. The molecule has 1 saturated carbocycles. The summed E-state index contributed by atoms with van der Waals surface area (Å²) in [6.45, 7) is 9.22. The molecule has 2 N–H and O–H groups in total. The highest BCUT2D eigenvalue weighted by Crippen LogP contribution is 2.37. The van der Waals surface area contributed by atoms with Crippen LogP contribution in [0.2, 0.25) is 0 Å². The summed E-state index contributed by atoms with van der Waals surface area (Å²) in [6.07, 6.45) is 6.78. The fourth-order valence-corrected chi connectivity index (χ4v) is 6.37. The van der Waals surface area contributed by atoms with Crippen molar-refractivity contribution in [1.29, 1.82) is 0 Å². The maximum atomic E-state index is 13.9. The van der Waals surface area contributed by atoms with Crippen LogP contribution in [0.25, 0.3) is 0 Å². The lowest BCUT2D eigenvalue weighted by molar-refractivity contribution is -0.124. The van der Waals surface area contributed by atoms with Gasteiger partial charge in [-0.3, -0.25) is 9.48 Å². The Labute approximate surface area is 247 Å². The average molecular weight is 572 g/mol. The van der Waals surface area contributed by atoms with E-state index in [1.54, 1.807) is 20.8 Å². The molecule has 2 fully saturated rings. The molecule has 222 valence electrons. The lowest BCUT2D eigenvalue weighted by atomic mass is 10.0. The van der Waals surface area contributed by atoms with Gasteiger partial charge in [0.25, 0.3) is 5.91 Å². The predicted molar refractivity (Wildman–Crippen MR) is 163 cm³/mol. The molecule has 2 amide bonds. The number of carbonyl (C=O) groups excluding carboxylic acids is 2. The number of carbonyl (C=O) groups is 2. The molecular formula is C32H41N7O3. The molecule has 3 aromatic rings. The summed E-state index contributed by atoms with van der Waals surface area (Å²) >= 11 is 0. The number of hydrogen-bond donors (Lipinski definition) is 2. The average Bonchev–Trinajstić information content (AvgIpc) is 3.58. The van der Waals surface area contributed by atoms with Gasteiger partial charge in [0.1, 0.15) is 5.82 Å². The fraction of sp³-hybridized carbons (Fsp3) is 0.469. The van der Waals surface area contributed by atoms with Gasteiger partial charge in [-0.25, -0.2) is 4.79 Å². The molecule has 6 rings (SSSR count). The molecule has 3 aliphatic rings. The van der Waals surface area contributed by atoms with Crippen molar-refractivity contribution in [3.05, 3.63) is 70.4 Å². The smallest absolute Gasteiger partial charge is 0.351 e. The van der Waals surface area contributed by atoms with Crippen molar-refractivity contribution in [3.8, 4) is 0 Å². The number of anilines is 3. The molecule has 10 heteroatoms. The molecule has 1 aromatic heterocycles. The van der Waals surface area contributed by atoms with Crippen LogP contribution in [0.4, 0.5) is 22.0 Å². The van der Waals surface area contributed by atoms with E-state index in [1.807, 2.05) is 57.3 Å². The zero-order valence-corrected chi connectivity index (χ0v) is 24.9. The molecule has 1 saturated heterocycles. The highest BCUT2D eigenvalue weighted by atomic mass is 16.7.